The lowest BCUT2D eigenvalue weighted by Crippen LogP contribution is -2.22. The highest BCUT2D eigenvalue weighted by molar-refractivity contribution is 5.78. The van der Waals surface area contributed by atoms with E-state index < -0.39 is 0 Å². The largest absolute Gasteiger partial charge is 0.486 e. The standard InChI is InChI=1S/C20H22O4/c1-14(12-16-6-4-3-5-7-16)24-20(21)15(2)17-8-9-18-19(13-17)23-11-10-22-18/h3-9,13-15H,10-12H2,1-2H3. The average Bonchev–Trinajstić information content (AvgIpc) is 2.61. The second-order valence-corrected chi connectivity index (χ2v) is 6.06. The van der Waals surface area contributed by atoms with Crippen molar-refractivity contribution in [3.63, 3.8) is 0 Å². The van der Waals surface area contributed by atoms with Gasteiger partial charge in [0.05, 0.1) is 5.92 Å². The van der Waals surface area contributed by atoms with Crippen molar-refractivity contribution in [1.29, 1.82) is 0 Å². The maximum atomic E-state index is 12.4. The Labute approximate surface area is 142 Å². The third kappa shape index (κ3) is 3.88. The van der Waals surface area contributed by atoms with E-state index in [9.17, 15) is 4.79 Å². The van der Waals surface area contributed by atoms with Crippen LogP contribution in [0, 0.1) is 0 Å². The summed E-state index contributed by atoms with van der Waals surface area (Å²) in [6.45, 7) is 4.86. The summed E-state index contributed by atoms with van der Waals surface area (Å²) in [6.07, 6.45) is 0.542. The zero-order valence-electron chi connectivity index (χ0n) is 14.0. The number of esters is 1. The van der Waals surface area contributed by atoms with Crippen molar-refractivity contribution < 1.29 is 19.0 Å². The molecule has 1 heterocycles. The molecule has 2 atom stereocenters. The van der Waals surface area contributed by atoms with Crippen LogP contribution >= 0.6 is 0 Å². The van der Waals surface area contributed by atoms with Gasteiger partial charge >= 0.3 is 5.97 Å². The summed E-state index contributed by atoms with van der Waals surface area (Å²) in [6, 6.07) is 15.6. The highest BCUT2D eigenvalue weighted by Gasteiger charge is 2.22. The van der Waals surface area contributed by atoms with E-state index in [-0.39, 0.29) is 18.0 Å². The van der Waals surface area contributed by atoms with Gasteiger partial charge in [-0.2, -0.15) is 0 Å². The molecule has 2 aromatic carbocycles. The van der Waals surface area contributed by atoms with Crippen LogP contribution in [-0.2, 0) is 16.0 Å². The molecule has 4 heteroatoms. The quantitative estimate of drug-likeness (QED) is 0.785. The smallest absolute Gasteiger partial charge is 0.313 e. The van der Waals surface area contributed by atoms with Gasteiger partial charge in [-0.15, -0.1) is 0 Å². The normalized spacial score (nSPS) is 15.4. The van der Waals surface area contributed by atoms with E-state index in [1.165, 1.54) is 0 Å². The molecule has 3 rings (SSSR count). The first kappa shape index (κ1) is 16.4. The van der Waals surface area contributed by atoms with E-state index in [0.717, 1.165) is 16.9 Å². The summed E-state index contributed by atoms with van der Waals surface area (Å²) in [4.78, 5) is 12.4. The molecule has 0 N–H and O–H groups in total. The number of ether oxygens (including phenoxy) is 3. The highest BCUT2D eigenvalue weighted by atomic mass is 16.6. The van der Waals surface area contributed by atoms with Crippen molar-refractivity contribution in [2.45, 2.75) is 32.3 Å². The molecule has 0 saturated carbocycles. The lowest BCUT2D eigenvalue weighted by Gasteiger charge is -2.21. The van der Waals surface area contributed by atoms with Crippen molar-refractivity contribution in [3.05, 3.63) is 59.7 Å². The summed E-state index contributed by atoms with van der Waals surface area (Å²) < 4.78 is 16.7. The minimum absolute atomic E-state index is 0.167. The fourth-order valence-electron chi connectivity index (χ4n) is 2.75. The maximum absolute atomic E-state index is 12.4. The highest BCUT2D eigenvalue weighted by Crippen LogP contribution is 2.33. The Morgan fingerprint density at radius 2 is 1.75 bits per heavy atom. The van der Waals surface area contributed by atoms with E-state index in [4.69, 9.17) is 14.2 Å². The van der Waals surface area contributed by atoms with Crippen molar-refractivity contribution in [1.82, 2.24) is 0 Å². The molecule has 1 aliphatic heterocycles. The number of rotatable bonds is 5. The maximum Gasteiger partial charge on any atom is 0.313 e. The summed E-state index contributed by atoms with van der Waals surface area (Å²) in [5, 5.41) is 0. The fourth-order valence-corrected chi connectivity index (χ4v) is 2.75. The molecule has 4 nitrogen and oxygen atoms in total. The Balaban J connectivity index is 1.62. The lowest BCUT2D eigenvalue weighted by molar-refractivity contribution is -0.149. The summed E-state index contributed by atoms with van der Waals surface area (Å²) >= 11 is 0. The molecule has 0 bridgehead atoms. The molecule has 24 heavy (non-hydrogen) atoms. The van der Waals surface area contributed by atoms with Crippen molar-refractivity contribution in [3.8, 4) is 11.5 Å². The second kappa shape index (κ2) is 7.39. The van der Waals surface area contributed by atoms with Gasteiger partial charge < -0.3 is 14.2 Å². The van der Waals surface area contributed by atoms with Crippen LogP contribution in [0.5, 0.6) is 11.5 Å². The van der Waals surface area contributed by atoms with Gasteiger partial charge in [0.25, 0.3) is 0 Å². The molecule has 0 spiro atoms. The molecule has 2 unspecified atom stereocenters. The van der Waals surface area contributed by atoms with Crippen LogP contribution in [-0.4, -0.2) is 25.3 Å². The average molecular weight is 326 g/mol. The molecule has 0 radical (unpaired) electrons. The van der Waals surface area contributed by atoms with Crippen molar-refractivity contribution in [2.24, 2.45) is 0 Å². The number of hydrogen-bond donors (Lipinski definition) is 0. The predicted octanol–water partition coefficient (Wildman–Crippen LogP) is 3.74. The SMILES string of the molecule is CC(Cc1ccccc1)OC(=O)C(C)c1ccc2c(c1)OCCO2. The molecule has 0 fully saturated rings. The fraction of sp³-hybridized carbons (Fsp3) is 0.350. The van der Waals surface area contributed by atoms with E-state index >= 15 is 0 Å². The third-order valence-electron chi connectivity index (χ3n) is 4.10. The Hall–Kier alpha value is -2.49. The zero-order valence-corrected chi connectivity index (χ0v) is 14.0. The van der Waals surface area contributed by atoms with Gasteiger partial charge in [0.1, 0.15) is 19.3 Å². The number of carbonyl (C=O) groups is 1. The molecule has 2 aromatic rings. The second-order valence-electron chi connectivity index (χ2n) is 6.06. The van der Waals surface area contributed by atoms with Gasteiger partial charge in [-0.1, -0.05) is 36.4 Å². The van der Waals surface area contributed by atoms with E-state index in [1.807, 2.05) is 62.4 Å². The van der Waals surface area contributed by atoms with Crippen LogP contribution in [0.15, 0.2) is 48.5 Å². The number of carbonyl (C=O) groups excluding carboxylic acids is 1. The monoisotopic (exact) mass is 326 g/mol. The van der Waals surface area contributed by atoms with E-state index in [0.29, 0.717) is 25.4 Å². The lowest BCUT2D eigenvalue weighted by atomic mass is 10.0. The van der Waals surface area contributed by atoms with E-state index in [2.05, 4.69) is 0 Å². The van der Waals surface area contributed by atoms with Crippen LogP contribution in [0.2, 0.25) is 0 Å². The Morgan fingerprint density at radius 3 is 2.50 bits per heavy atom. The van der Waals surface area contributed by atoms with Gasteiger partial charge in [0.15, 0.2) is 11.5 Å². The first-order valence-electron chi connectivity index (χ1n) is 8.27. The molecule has 0 aliphatic carbocycles. The first-order valence-corrected chi connectivity index (χ1v) is 8.27. The molecule has 0 saturated heterocycles. The predicted molar refractivity (Wildman–Crippen MR) is 91.5 cm³/mol. The molecular formula is C20H22O4. The summed E-state index contributed by atoms with van der Waals surface area (Å²) in [5.41, 5.74) is 2.03. The Bertz CT molecular complexity index is 696. The number of benzene rings is 2. The number of fused-ring (bicyclic) bond motifs is 1. The topological polar surface area (TPSA) is 44.8 Å². The minimum atomic E-state index is -0.348. The molecule has 0 amide bonds. The molecular weight excluding hydrogens is 304 g/mol. The van der Waals surface area contributed by atoms with Gasteiger partial charge in [-0.25, -0.2) is 0 Å². The Kier molecular flexibility index (Phi) is 5.04. The summed E-state index contributed by atoms with van der Waals surface area (Å²) in [5.74, 6) is 0.841. The van der Waals surface area contributed by atoms with Crippen LogP contribution in [0.25, 0.3) is 0 Å². The van der Waals surface area contributed by atoms with Gasteiger partial charge in [0.2, 0.25) is 0 Å². The zero-order chi connectivity index (χ0) is 16.9. The van der Waals surface area contributed by atoms with E-state index in [1.54, 1.807) is 0 Å². The van der Waals surface area contributed by atoms with Gasteiger partial charge in [0, 0.05) is 6.42 Å². The van der Waals surface area contributed by atoms with Gasteiger partial charge in [-0.3, -0.25) is 4.79 Å². The molecule has 0 aromatic heterocycles. The van der Waals surface area contributed by atoms with Crippen molar-refractivity contribution in [2.75, 3.05) is 13.2 Å². The third-order valence-corrected chi connectivity index (χ3v) is 4.10. The first-order chi connectivity index (χ1) is 11.6. The molecule has 1 aliphatic rings. The van der Waals surface area contributed by atoms with Crippen LogP contribution in [0.4, 0.5) is 0 Å². The van der Waals surface area contributed by atoms with Crippen LogP contribution < -0.4 is 9.47 Å². The summed E-state index contributed by atoms with van der Waals surface area (Å²) in [7, 11) is 0. The van der Waals surface area contributed by atoms with Crippen LogP contribution in [0.3, 0.4) is 0 Å². The minimum Gasteiger partial charge on any atom is -0.486 e. The van der Waals surface area contributed by atoms with Crippen LogP contribution in [0.1, 0.15) is 30.9 Å². The molecule has 126 valence electrons. The number of hydrogen-bond acceptors (Lipinski definition) is 4. The van der Waals surface area contributed by atoms with Crippen molar-refractivity contribution >= 4 is 5.97 Å². The van der Waals surface area contributed by atoms with Gasteiger partial charge in [-0.05, 0) is 37.1 Å². The Morgan fingerprint density at radius 1 is 1.04 bits per heavy atom.